The van der Waals surface area contributed by atoms with Crippen LogP contribution in [0.2, 0.25) is 0 Å². The zero-order valence-corrected chi connectivity index (χ0v) is 14.3. The molecule has 1 heterocycles. The quantitative estimate of drug-likeness (QED) is 0.359. The molecule has 0 unspecified atom stereocenters. The molecule has 0 aliphatic carbocycles. The summed E-state index contributed by atoms with van der Waals surface area (Å²) in [6, 6.07) is 16.9. The predicted molar refractivity (Wildman–Crippen MR) is 99.1 cm³/mol. The summed E-state index contributed by atoms with van der Waals surface area (Å²) in [5.74, 6) is 0.0832. The lowest BCUT2D eigenvalue weighted by Crippen LogP contribution is -2.30. The highest BCUT2D eigenvalue weighted by Crippen LogP contribution is 2.17. The van der Waals surface area contributed by atoms with E-state index in [0.29, 0.717) is 17.9 Å². The van der Waals surface area contributed by atoms with Crippen LogP contribution >= 0.6 is 0 Å². The number of hydrogen-bond donors (Lipinski definition) is 0. The minimum Gasteiger partial charge on any atom is -0.345 e. The van der Waals surface area contributed by atoms with E-state index < -0.39 is 4.92 Å². The van der Waals surface area contributed by atoms with E-state index in [1.807, 2.05) is 6.07 Å². The third-order valence-corrected chi connectivity index (χ3v) is 3.99. The molecular formula is C20H16FN3O3. The number of Topliss-reactive ketones (excluding diaryl/α,β-unsaturated/α-hetero) is 1. The first-order valence-corrected chi connectivity index (χ1v) is 8.21. The number of non-ortho nitro benzene ring substituents is 1. The highest BCUT2D eigenvalue weighted by atomic mass is 19.1. The number of carbonyl (C=O) groups is 1. The smallest absolute Gasteiger partial charge is 0.269 e. The number of pyridine rings is 1. The van der Waals surface area contributed by atoms with Crippen LogP contribution in [-0.4, -0.2) is 22.2 Å². The summed E-state index contributed by atoms with van der Waals surface area (Å²) in [7, 11) is 0. The molecule has 7 heteroatoms. The van der Waals surface area contributed by atoms with Gasteiger partial charge in [0.1, 0.15) is 11.6 Å². The van der Waals surface area contributed by atoms with Gasteiger partial charge in [-0.3, -0.25) is 14.9 Å². The molecule has 0 saturated heterocycles. The van der Waals surface area contributed by atoms with Crippen molar-refractivity contribution >= 4 is 17.3 Å². The van der Waals surface area contributed by atoms with Crippen LogP contribution in [0.5, 0.6) is 0 Å². The molecule has 0 radical (unpaired) electrons. The van der Waals surface area contributed by atoms with Crippen LogP contribution < -0.4 is 4.90 Å². The van der Waals surface area contributed by atoms with E-state index in [4.69, 9.17) is 0 Å². The van der Waals surface area contributed by atoms with Crippen molar-refractivity contribution in [3.05, 3.63) is 100.0 Å². The zero-order valence-electron chi connectivity index (χ0n) is 14.3. The molecule has 0 atom stereocenters. The summed E-state index contributed by atoms with van der Waals surface area (Å²) in [6.07, 6.45) is 1.63. The molecule has 0 amide bonds. The molecular weight excluding hydrogens is 349 g/mol. The number of hydrogen-bond acceptors (Lipinski definition) is 5. The van der Waals surface area contributed by atoms with E-state index in [2.05, 4.69) is 4.98 Å². The van der Waals surface area contributed by atoms with Crippen LogP contribution in [0.3, 0.4) is 0 Å². The van der Waals surface area contributed by atoms with E-state index in [1.165, 1.54) is 36.4 Å². The highest BCUT2D eigenvalue weighted by molar-refractivity contribution is 5.99. The molecule has 6 nitrogen and oxygen atoms in total. The van der Waals surface area contributed by atoms with Crippen LogP contribution in [0.15, 0.2) is 72.9 Å². The Morgan fingerprint density at radius 2 is 1.74 bits per heavy atom. The highest BCUT2D eigenvalue weighted by Gasteiger charge is 2.16. The number of benzene rings is 2. The van der Waals surface area contributed by atoms with Crippen molar-refractivity contribution in [3.63, 3.8) is 0 Å². The Kier molecular flexibility index (Phi) is 5.51. The number of nitro benzene ring substituents is 1. The van der Waals surface area contributed by atoms with Gasteiger partial charge in [-0.05, 0) is 42.0 Å². The average molecular weight is 365 g/mol. The number of rotatable bonds is 7. The minimum absolute atomic E-state index is 0.0339. The normalized spacial score (nSPS) is 10.4. The number of nitrogens with zero attached hydrogens (tertiary/aromatic N) is 3. The van der Waals surface area contributed by atoms with Crippen molar-refractivity contribution in [2.75, 3.05) is 11.4 Å². The van der Waals surface area contributed by atoms with Crippen molar-refractivity contribution in [2.24, 2.45) is 0 Å². The molecule has 0 bridgehead atoms. The van der Waals surface area contributed by atoms with Gasteiger partial charge < -0.3 is 4.90 Å². The maximum atomic E-state index is 13.1. The van der Waals surface area contributed by atoms with Crippen LogP contribution in [0, 0.1) is 15.9 Å². The summed E-state index contributed by atoms with van der Waals surface area (Å²) in [5.41, 5.74) is 1.14. The van der Waals surface area contributed by atoms with Gasteiger partial charge in [0.05, 0.1) is 11.5 Å². The second-order valence-electron chi connectivity index (χ2n) is 5.90. The average Bonchev–Trinajstić information content (AvgIpc) is 2.70. The lowest BCUT2D eigenvalue weighted by Gasteiger charge is -2.23. The third kappa shape index (κ3) is 4.72. The first-order chi connectivity index (χ1) is 13.0. The van der Waals surface area contributed by atoms with Gasteiger partial charge in [0, 0.05) is 30.4 Å². The Labute approximate surface area is 155 Å². The molecule has 0 aliphatic rings. The van der Waals surface area contributed by atoms with E-state index in [9.17, 15) is 19.3 Å². The molecule has 3 aromatic rings. The summed E-state index contributed by atoms with van der Waals surface area (Å²) in [5, 5.41) is 10.7. The molecule has 3 rings (SSSR count). The second-order valence-corrected chi connectivity index (χ2v) is 5.90. The van der Waals surface area contributed by atoms with Gasteiger partial charge in [0.25, 0.3) is 5.69 Å². The first-order valence-electron chi connectivity index (χ1n) is 8.21. The monoisotopic (exact) mass is 365 g/mol. The van der Waals surface area contributed by atoms with E-state index in [1.54, 1.807) is 35.4 Å². The fourth-order valence-electron chi connectivity index (χ4n) is 2.60. The predicted octanol–water partition coefficient (Wildman–Crippen LogP) is 4.02. The van der Waals surface area contributed by atoms with Crippen molar-refractivity contribution in [1.29, 1.82) is 0 Å². The van der Waals surface area contributed by atoms with Gasteiger partial charge in [-0.1, -0.05) is 18.2 Å². The fraction of sp³-hybridized carbons (Fsp3) is 0.100. The maximum absolute atomic E-state index is 13.1. The third-order valence-electron chi connectivity index (χ3n) is 3.99. The van der Waals surface area contributed by atoms with Gasteiger partial charge in [0.15, 0.2) is 5.78 Å². The summed E-state index contributed by atoms with van der Waals surface area (Å²) < 4.78 is 13.1. The topological polar surface area (TPSA) is 76.3 Å². The number of aromatic nitrogens is 1. The Bertz CT molecular complexity index is 929. The second kappa shape index (κ2) is 8.18. The lowest BCUT2D eigenvalue weighted by molar-refractivity contribution is -0.384. The Morgan fingerprint density at radius 3 is 2.33 bits per heavy atom. The molecule has 27 heavy (non-hydrogen) atoms. The van der Waals surface area contributed by atoms with Gasteiger partial charge in [0.2, 0.25) is 0 Å². The SMILES string of the molecule is O=C(CN(Cc1ccc(F)cc1)c1ccccn1)c1ccc([N+](=O)[O-])cc1. The molecule has 0 N–H and O–H groups in total. The van der Waals surface area contributed by atoms with Crippen LogP contribution in [0.4, 0.5) is 15.9 Å². The van der Waals surface area contributed by atoms with E-state index in [0.717, 1.165) is 5.56 Å². The van der Waals surface area contributed by atoms with Crippen LogP contribution in [0.1, 0.15) is 15.9 Å². The van der Waals surface area contributed by atoms with E-state index in [-0.39, 0.29) is 23.8 Å². The Hall–Kier alpha value is -3.61. The van der Waals surface area contributed by atoms with Crippen LogP contribution in [0.25, 0.3) is 0 Å². The molecule has 0 aliphatic heterocycles. The number of halogens is 1. The first kappa shape index (κ1) is 18.2. The Balaban J connectivity index is 1.81. The standard InChI is InChI=1S/C20H16FN3O3/c21-17-8-4-15(5-9-17)13-23(20-3-1-2-12-22-20)14-19(25)16-6-10-18(11-7-16)24(26)27/h1-12H,13-14H2. The molecule has 2 aromatic carbocycles. The van der Waals surface area contributed by atoms with Crippen LogP contribution in [-0.2, 0) is 6.54 Å². The molecule has 0 spiro atoms. The molecule has 1 aromatic heterocycles. The molecule has 136 valence electrons. The Morgan fingerprint density at radius 1 is 1.04 bits per heavy atom. The van der Waals surface area contributed by atoms with Gasteiger partial charge in [-0.25, -0.2) is 9.37 Å². The summed E-state index contributed by atoms with van der Waals surface area (Å²) >= 11 is 0. The van der Waals surface area contributed by atoms with Crippen molar-refractivity contribution in [1.82, 2.24) is 4.98 Å². The van der Waals surface area contributed by atoms with Crippen molar-refractivity contribution in [2.45, 2.75) is 6.54 Å². The number of nitro groups is 1. The fourth-order valence-corrected chi connectivity index (χ4v) is 2.60. The maximum Gasteiger partial charge on any atom is 0.269 e. The van der Waals surface area contributed by atoms with Gasteiger partial charge in [-0.2, -0.15) is 0 Å². The largest absolute Gasteiger partial charge is 0.345 e. The number of carbonyl (C=O) groups excluding carboxylic acids is 1. The zero-order chi connectivity index (χ0) is 19.2. The van der Waals surface area contributed by atoms with Gasteiger partial charge >= 0.3 is 0 Å². The minimum atomic E-state index is -0.511. The summed E-state index contributed by atoms with van der Waals surface area (Å²) in [4.78, 5) is 29.0. The number of anilines is 1. The van der Waals surface area contributed by atoms with Gasteiger partial charge in [-0.15, -0.1) is 0 Å². The molecule has 0 saturated carbocycles. The molecule has 0 fully saturated rings. The lowest BCUT2D eigenvalue weighted by atomic mass is 10.1. The van der Waals surface area contributed by atoms with E-state index >= 15 is 0 Å². The summed E-state index contributed by atoms with van der Waals surface area (Å²) in [6.45, 7) is 0.405. The van der Waals surface area contributed by atoms with Crippen molar-refractivity contribution in [3.8, 4) is 0 Å². The van der Waals surface area contributed by atoms with Crippen molar-refractivity contribution < 1.29 is 14.1 Å². The number of ketones is 1.